The number of rotatable bonds is 5. The molecule has 0 spiro atoms. The lowest BCUT2D eigenvalue weighted by molar-refractivity contribution is -0.134. The molecule has 0 bridgehead atoms. The van der Waals surface area contributed by atoms with Crippen molar-refractivity contribution in [3.05, 3.63) is 29.3 Å². The number of nitrogens with zero attached hydrogens (tertiary/aromatic N) is 1. The summed E-state index contributed by atoms with van der Waals surface area (Å²) in [7, 11) is 0. The van der Waals surface area contributed by atoms with Crippen LogP contribution in [0.3, 0.4) is 0 Å². The molecule has 4 rings (SSSR count). The Bertz CT molecular complexity index is 846. The predicted molar refractivity (Wildman–Crippen MR) is 106 cm³/mol. The molecule has 0 aromatic heterocycles. The Morgan fingerprint density at radius 3 is 2.48 bits per heavy atom. The van der Waals surface area contributed by atoms with Gasteiger partial charge in [-0.2, -0.15) is 0 Å². The first-order valence-electron chi connectivity index (χ1n) is 10.5. The van der Waals surface area contributed by atoms with Gasteiger partial charge in [0, 0.05) is 37.4 Å². The number of carbonyl (C=O) groups is 3. The summed E-state index contributed by atoms with van der Waals surface area (Å²) < 4.78 is 39.9. The minimum Gasteiger partial charge on any atom is -0.442 e. The van der Waals surface area contributed by atoms with Crippen LogP contribution in [0.15, 0.2) is 12.1 Å². The molecule has 3 heterocycles. The van der Waals surface area contributed by atoms with Gasteiger partial charge < -0.3 is 19.7 Å². The minimum atomic E-state index is -1.03. The smallest absolute Gasteiger partial charge is 0.407 e. The summed E-state index contributed by atoms with van der Waals surface area (Å²) >= 11 is 0. The van der Waals surface area contributed by atoms with Crippen molar-refractivity contribution >= 4 is 23.6 Å². The van der Waals surface area contributed by atoms with Crippen molar-refractivity contribution in [2.45, 2.75) is 37.7 Å². The fraction of sp³-hybridized carbons (Fsp3) is 0.571. The van der Waals surface area contributed by atoms with Gasteiger partial charge >= 0.3 is 6.09 Å². The Hall–Kier alpha value is -2.75. The van der Waals surface area contributed by atoms with Crippen molar-refractivity contribution < 1.29 is 32.6 Å². The lowest BCUT2D eigenvalue weighted by Crippen LogP contribution is -2.54. The highest BCUT2D eigenvalue weighted by Gasteiger charge is 2.35. The van der Waals surface area contributed by atoms with E-state index in [2.05, 4.69) is 10.6 Å². The van der Waals surface area contributed by atoms with E-state index < -0.39 is 35.5 Å². The molecule has 3 fully saturated rings. The normalized spacial score (nSPS) is 22.6. The van der Waals surface area contributed by atoms with Gasteiger partial charge in [0.2, 0.25) is 11.8 Å². The van der Waals surface area contributed by atoms with Crippen LogP contribution in [0.25, 0.3) is 0 Å². The zero-order chi connectivity index (χ0) is 22.0. The van der Waals surface area contributed by atoms with Crippen LogP contribution in [0.2, 0.25) is 0 Å². The van der Waals surface area contributed by atoms with Gasteiger partial charge in [-0.25, -0.2) is 13.6 Å². The van der Waals surface area contributed by atoms with Crippen molar-refractivity contribution in [2.24, 2.45) is 5.92 Å². The maximum Gasteiger partial charge on any atom is 0.407 e. The number of hydrogen-bond acceptors (Lipinski definition) is 6. The Balaban J connectivity index is 1.29. The SMILES string of the molecule is O=C1CCC(c2c(F)cc(N3CC(OC(=O)NCC4CCOCC4)C3)cc2F)C(=O)N1. The van der Waals surface area contributed by atoms with Crippen LogP contribution in [0.5, 0.6) is 0 Å². The molecule has 3 saturated heterocycles. The molecular formula is C21H25F2N3O5. The van der Waals surface area contributed by atoms with E-state index in [1.807, 2.05) is 0 Å². The average molecular weight is 437 g/mol. The zero-order valence-electron chi connectivity index (χ0n) is 17.0. The third-order valence-corrected chi connectivity index (χ3v) is 6.01. The van der Waals surface area contributed by atoms with Gasteiger partial charge in [0.1, 0.15) is 17.7 Å². The van der Waals surface area contributed by atoms with E-state index in [0.29, 0.717) is 44.5 Å². The summed E-state index contributed by atoms with van der Waals surface area (Å²) in [6.45, 7) is 2.59. The van der Waals surface area contributed by atoms with Gasteiger partial charge in [0.05, 0.1) is 19.0 Å². The first-order chi connectivity index (χ1) is 14.9. The number of anilines is 1. The molecule has 3 aliphatic heterocycles. The first-order valence-corrected chi connectivity index (χ1v) is 10.5. The molecule has 0 saturated carbocycles. The second-order valence-corrected chi connectivity index (χ2v) is 8.20. The van der Waals surface area contributed by atoms with Crippen LogP contribution in [0, 0.1) is 17.6 Å². The van der Waals surface area contributed by atoms with Crippen LogP contribution in [0.4, 0.5) is 19.3 Å². The zero-order valence-corrected chi connectivity index (χ0v) is 17.0. The van der Waals surface area contributed by atoms with Crippen LogP contribution in [-0.2, 0) is 19.1 Å². The molecule has 168 valence electrons. The van der Waals surface area contributed by atoms with E-state index in [1.165, 1.54) is 12.1 Å². The Labute approximate surface area is 178 Å². The number of alkyl carbamates (subject to hydrolysis) is 1. The van der Waals surface area contributed by atoms with Gasteiger partial charge in [0.25, 0.3) is 0 Å². The number of benzene rings is 1. The molecule has 3 amide bonds. The Morgan fingerprint density at radius 2 is 1.84 bits per heavy atom. The van der Waals surface area contributed by atoms with Gasteiger partial charge in [-0.3, -0.25) is 14.9 Å². The fourth-order valence-corrected chi connectivity index (χ4v) is 4.15. The largest absolute Gasteiger partial charge is 0.442 e. The van der Waals surface area contributed by atoms with Gasteiger partial charge in [-0.1, -0.05) is 0 Å². The van der Waals surface area contributed by atoms with Gasteiger partial charge in [-0.05, 0) is 37.3 Å². The molecule has 1 aromatic rings. The summed E-state index contributed by atoms with van der Waals surface area (Å²) in [4.78, 5) is 36.9. The predicted octanol–water partition coefficient (Wildman–Crippen LogP) is 1.83. The van der Waals surface area contributed by atoms with E-state index in [9.17, 15) is 23.2 Å². The lowest BCUT2D eigenvalue weighted by Gasteiger charge is -2.40. The van der Waals surface area contributed by atoms with E-state index in [4.69, 9.17) is 9.47 Å². The highest BCUT2D eigenvalue weighted by atomic mass is 19.1. The Morgan fingerprint density at radius 1 is 1.16 bits per heavy atom. The van der Waals surface area contributed by atoms with Crippen molar-refractivity contribution in [2.75, 3.05) is 37.7 Å². The summed E-state index contributed by atoms with van der Waals surface area (Å²) in [5.74, 6) is -3.44. The topological polar surface area (TPSA) is 97.0 Å². The number of carbonyl (C=O) groups excluding carboxylic acids is 3. The molecule has 10 heteroatoms. The van der Waals surface area contributed by atoms with Crippen LogP contribution >= 0.6 is 0 Å². The second-order valence-electron chi connectivity index (χ2n) is 8.20. The number of imide groups is 1. The lowest BCUT2D eigenvalue weighted by atomic mass is 9.89. The van der Waals surface area contributed by atoms with Crippen LogP contribution < -0.4 is 15.5 Å². The van der Waals surface area contributed by atoms with E-state index in [-0.39, 0.29) is 24.5 Å². The quantitative estimate of drug-likeness (QED) is 0.683. The maximum atomic E-state index is 14.6. The minimum absolute atomic E-state index is 0.0404. The monoisotopic (exact) mass is 437 g/mol. The van der Waals surface area contributed by atoms with Gasteiger partial charge in [-0.15, -0.1) is 0 Å². The maximum absolute atomic E-state index is 14.6. The summed E-state index contributed by atoms with van der Waals surface area (Å²) in [5.41, 5.74) is -0.0110. The number of hydrogen-bond donors (Lipinski definition) is 2. The molecular weight excluding hydrogens is 412 g/mol. The number of amides is 3. The third kappa shape index (κ3) is 4.95. The average Bonchev–Trinajstić information content (AvgIpc) is 2.70. The Kier molecular flexibility index (Phi) is 6.35. The van der Waals surface area contributed by atoms with Crippen molar-refractivity contribution in [1.82, 2.24) is 10.6 Å². The van der Waals surface area contributed by atoms with Crippen LogP contribution in [-0.4, -0.2) is 56.9 Å². The number of piperidine rings is 1. The van der Waals surface area contributed by atoms with E-state index in [0.717, 1.165) is 12.8 Å². The van der Waals surface area contributed by atoms with Crippen molar-refractivity contribution in [1.29, 1.82) is 0 Å². The molecule has 1 unspecified atom stereocenters. The first kappa shape index (κ1) is 21.5. The molecule has 8 nitrogen and oxygen atoms in total. The highest BCUT2D eigenvalue weighted by molar-refractivity contribution is 6.01. The summed E-state index contributed by atoms with van der Waals surface area (Å²) in [5, 5.41) is 4.87. The molecule has 0 aliphatic carbocycles. The second kappa shape index (κ2) is 9.17. The molecule has 1 atom stereocenters. The molecule has 0 radical (unpaired) electrons. The standard InChI is InChI=1S/C21H25F2N3O5/c22-16-7-13(8-17(23)19(16)15-1-2-18(27)25-20(15)28)26-10-14(11-26)31-21(29)24-9-12-3-5-30-6-4-12/h7-8,12,14-15H,1-6,9-11H2,(H,24,29)(H,25,27,28). The van der Waals surface area contributed by atoms with Crippen molar-refractivity contribution in [3.63, 3.8) is 0 Å². The molecule has 3 aliphatic rings. The molecule has 31 heavy (non-hydrogen) atoms. The highest BCUT2D eigenvalue weighted by Crippen LogP contribution is 2.33. The van der Waals surface area contributed by atoms with E-state index >= 15 is 0 Å². The summed E-state index contributed by atoms with van der Waals surface area (Å²) in [6, 6.07) is 2.34. The van der Waals surface area contributed by atoms with E-state index in [1.54, 1.807) is 4.90 Å². The fourth-order valence-electron chi connectivity index (χ4n) is 4.15. The number of nitrogens with one attached hydrogen (secondary N) is 2. The number of ether oxygens (including phenoxy) is 2. The summed E-state index contributed by atoms with van der Waals surface area (Å²) in [6.07, 6.45) is 1.06. The molecule has 1 aromatic carbocycles. The third-order valence-electron chi connectivity index (χ3n) is 6.01. The van der Waals surface area contributed by atoms with Crippen LogP contribution in [0.1, 0.15) is 37.2 Å². The van der Waals surface area contributed by atoms with Gasteiger partial charge in [0.15, 0.2) is 0 Å². The molecule has 2 N–H and O–H groups in total. The number of halogens is 2. The van der Waals surface area contributed by atoms with Crippen molar-refractivity contribution in [3.8, 4) is 0 Å².